The van der Waals surface area contributed by atoms with Gasteiger partial charge >= 0.3 is 0 Å². The van der Waals surface area contributed by atoms with Crippen molar-refractivity contribution in [2.24, 2.45) is 0 Å². The molecule has 1 aliphatic carbocycles. The SMILES string of the molecule is c1cc(CNc2ccc3c(c2)CCCC3)no1. The van der Waals surface area contributed by atoms with Gasteiger partial charge in [0.05, 0.1) is 6.54 Å². The standard InChI is InChI=1S/C14H16N2O/c1-2-4-12-9-13(6-5-11(12)3-1)15-10-14-7-8-17-16-14/h5-9,15H,1-4,10H2. The van der Waals surface area contributed by atoms with Crippen LogP contribution in [0.3, 0.4) is 0 Å². The highest BCUT2D eigenvalue weighted by molar-refractivity contribution is 5.49. The van der Waals surface area contributed by atoms with E-state index in [-0.39, 0.29) is 0 Å². The maximum absolute atomic E-state index is 4.80. The van der Waals surface area contributed by atoms with E-state index >= 15 is 0 Å². The van der Waals surface area contributed by atoms with E-state index in [0.717, 1.165) is 12.2 Å². The molecule has 88 valence electrons. The van der Waals surface area contributed by atoms with Gasteiger partial charge in [-0.1, -0.05) is 11.2 Å². The van der Waals surface area contributed by atoms with Crippen LogP contribution in [0.4, 0.5) is 5.69 Å². The number of anilines is 1. The van der Waals surface area contributed by atoms with Gasteiger partial charge < -0.3 is 9.84 Å². The third-order valence-electron chi connectivity index (χ3n) is 3.31. The van der Waals surface area contributed by atoms with E-state index in [2.05, 4.69) is 28.7 Å². The van der Waals surface area contributed by atoms with E-state index in [4.69, 9.17) is 4.52 Å². The Bertz CT molecular complexity index is 491. The molecule has 1 aromatic carbocycles. The molecule has 0 radical (unpaired) electrons. The minimum atomic E-state index is 0.718. The summed E-state index contributed by atoms with van der Waals surface area (Å²) in [4.78, 5) is 0. The highest BCUT2D eigenvalue weighted by atomic mass is 16.5. The first kappa shape index (κ1) is 10.4. The lowest BCUT2D eigenvalue weighted by molar-refractivity contribution is 0.412. The van der Waals surface area contributed by atoms with Gasteiger partial charge in [-0.25, -0.2) is 0 Å². The molecule has 17 heavy (non-hydrogen) atoms. The smallest absolute Gasteiger partial charge is 0.124 e. The molecule has 1 aromatic heterocycles. The predicted molar refractivity (Wildman–Crippen MR) is 66.9 cm³/mol. The third kappa shape index (κ3) is 2.33. The van der Waals surface area contributed by atoms with Crippen molar-refractivity contribution in [3.8, 4) is 0 Å². The molecule has 3 nitrogen and oxygen atoms in total. The van der Waals surface area contributed by atoms with Crippen LogP contribution in [0.15, 0.2) is 35.1 Å². The number of hydrogen-bond donors (Lipinski definition) is 1. The van der Waals surface area contributed by atoms with Gasteiger partial charge in [0.25, 0.3) is 0 Å². The van der Waals surface area contributed by atoms with E-state index in [1.807, 2.05) is 6.07 Å². The molecule has 1 heterocycles. The summed E-state index contributed by atoms with van der Waals surface area (Å²) in [7, 11) is 0. The number of hydrogen-bond acceptors (Lipinski definition) is 3. The Labute approximate surface area is 101 Å². The zero-order valence-electron chi connectivity index (χ0n) is 9.78. The second-order valence-electron chi connectivity index (χ2n) is 4.53. The van der Waals surface area contributed by atoms with E-state index in [1.54, 1.807) is 6.26 Å². The normalized spacial score (nSPS) is 14.4. The molecule has 3 rings (SSSR count). The van der Waals surface area contributed by atoms with Crippen molar-refractivity contribution in [2.75, 3.05) is 5.32 Å². The van der Waals surface area contributed by atoms with E-state index in [9.17, 15) is 0 Å². The van der Waals surface area contributed by atoms with Crippen molar-refractivity contribution in [3.05, 3.63) is 47.3 Å². The van der Waals surface area contributed by atoms with Crippen molar-refractivity contribution in [1.29, 1.82) is 0 Å². The number of aryl methyl sites for hydroxylation is 2. The molecule has 0 amide bonds. The van der Waals surface area contributed by atoms with Crippen LogP contribution in [0.1, 0.15) is 29.7 Å². The summed E-state index contributed by atoms with van der Waals surface area (Å²) in [6.07, 6.45) is 6.70. The van der Waals surface area contributed by atoms with Gasteiger partial charge in [-0.05, 0) is 48.9 Å². The Kier molecular flexibility index (Phi) is 2.82. The Balaban J connectivity index is 1.71. The molecule has 0 saturated carbocycles. The Morgan fingerprint density at radius 2 is 2.00 bits per heavy atom. The second kappa shape index (κ2) is 4.62. The number of aromatic nitrogens is 1. The molecular weight excluding hydrogens is 212 g/mol. The molecule has 0 bridgehead atoms. The Morgan fingerprint density at radius 1 is 1.12 bits per heavy atom. The molecule has 2 aromatic rings. The average Bonchev–Trinajstić information content (AvgIpc) is 2.89. The second-order valence-corrected chi connectivity index (χ2v) is 4.53. The number of nitrogens with zero attached hydrogens (tertiary/aromatic N) is 1. The highest BCUT2D eigenvalue weighted by Gasteiger charge is 2.09. The van der Waals surface area contributed by atoms with Crippen LogP contribution in [0, 0.1) is 0 Å². The fraction of sp³-hybridized carbons (Fsp3) is 0.357. The van der Waals surface area contributed by atoms with E-state index in [1.165, 1.54) is 42.5 Å². The summed E-state index contributed by atoms with van der Waals surface area (Å²) in [5.74, 6) is 0. The van der Waals surface area contributed by atoms with Crippen molar-refractivity contribution in [2.45, 2.75) is 32.2 Å². The monoisotopic (exact) mass is 228 g/mol. The van der Waals surface area contributed by atoms with E-state index < -0.39 is 0 Å². The number of benzene rings is 1. The lowest BCUT2D eigenvalue weighted by Gasteiger charge is -2.16. The van der Waals surface area contributed by atoms with Crippen LogP contribution in [-0.2, 0) is 19.4 Å². The maximum Gasteiger partial charge on any atom is 0.124 e. The fourth-order valence-corrected chi connectivity index (χ4v) is 2.36. The van der Waals surface area contributed by atoms with Crippen molar-refractivity contribution in [1.82, 2.24) is 5.16 Å². The summed E-state index contributed by atoms with van der Waals surface area (Å²) in [5, 5.41) is 7.26. The Morgan fingerprint density at radius 3 is 2.82 bits per heavy atom. The van der Waals surface area contributed by atoms with Crippen LogP contribution < -0.4 is 5.32 Å². The maximum atomic E-state index is 4.80. The van der Waals surface area contributed by atoms with Crippen molar-refractivity contribution >= 4 is 5.69 Å². The Hall–Kier alpha value is -1.77. The van der Waals surface area contributed by atoms with Crippen LogP contribution in [-0.4, -0.2) is 5.16 Å². The minimum absolute atomic E-state index is 0.718. The van der Waals surface area contributed by atoms with Gasteiger partial charge in [-0.3, -0.25) is 0 Å². The predicted octanol–water partition coefficient (Wildman–Crippen LogP) is 3.17. The summed E-state index contributed by atoms with van der Waals surface area (Å²) in [5.41, 5.74) is 5.13. The minimum Gasteiger partial charge on any atom is -0.379 e. The lowest BCUT2D eigenvalue weighted by Crippen LogP contribution is -2.05. The molecule has 0 saturated heterocycles. The lowest BCUT2D eigenvalue weighted by atomic mass is 9.91. The zero-order valence-corrected chi connectivity index (χ0v) is 9.78. The largest absolute Gasteiger partial charge is 0.379 e. The summed E-state index contributed by atoms with van der Waals surface area (Å²) < 4.78 is 4.80. The quantitative estimate of drug-likeness (QED) is 0.876. The van der Waals surface area contributed by atoms with E-state index in [0.29, 0.717) is 0 Å². The summed E-state index contributed by atoms with van der Waals surface area (Å²) in [6, 6.07) is 8.56. The topological polar surface area (TPSA) is 38.1 Å². The zero-order chi connectivity index (χ0) is 11.5. The molecule has 3 heteroatoms. The number of nitrogens with one attached hydrogen (secondary N) is 1. The molecule has 0 unspecified atom stereocenters. The highest BCUT2D eigenvalue weighted by Crippen LogP contribution is 2.24. The van der Waals surface area contributed by atoms with Crippen LogP contribution in [0.2, 0.25) is 0 Å². The molecule has 1 aliphatic rings. The van der Waals surface area contributed by atoms with Crippen LogP contribution in [0.25, 0.3) is 0 Å². The van der Waals surface area contributed by atoms with Gasteiger partial charge in [0.15, 0.2) is 0 Å². The van der Waals surface area contributed by atoms with Crippen LogP contribution in [0.5, 0.6) is 0 Å². The average molecular weight is 228 g/mol. The molecule has 0 aliphatic heterocycles. The third-order valence-corrected chi connectivity index (χ3v) is 3.31. The number of fused-ring (bicyclic) bond motifs is 1. The van der Waals surface area contributed by atoms with Gasteiger partial charge in [0, 0.05) is 11.8 Å². The van der Waals surface area contributed by atoms with Gasteiger partial charge in [0.1, 0.15) is 12.0 Å². The summed E-state index contributed by atoms with van der Waals surface area (Å²) >= 11 is 0. The van der Waals surface area contributed by atoms with Crippen molar-refractivity contribution in [3.63, 3.8) is 0 Å². The van der Waals surface area contributed by atoms with Crippen LogP contribution >= 0.6 is 0 Å². The van der Waals surface area contributed by atoms with Gasteiger partial charge in [-0.2, -0.15) is 0 Å². The fourth-order valence-electron chi connectivity index (χ4n) is 2.36. The van der Waals surface area contributed by atoms with Crippen molar-refractivity contribution < 1.29 is 4.52 Å². The first-order chi connectivity index (χ1) is 8.42. The first-order valence-corrected chi connectivity index (χ1v) is 6.17. The molecular formula is C14H16N2O. The first-order valence-electron chi connectivity index (χ1n) is 6.17. The molecule has 1 N–H and O–H groups in total. The molecule has 0 atom stereocenters. The molecule has 0 fully saturated rings. The molecule has 0 spiro atoms. The van der Waals surface area contributed by atoms with Gasteiger partial charge in [0.2, 0.25) is 0 Å². The number of rotatable bonds is 3. The summed E-state index contributed by atoms with van der Waals surface area (Å²) in [6.45, 7) is 0.718. The van der Waals surface area contributed by atoms with Gasteiger partial charge in [-0.15, -0.1) is 0 Å².